The maximum absolute atomic E-state index is 6.53. The molecule has 1 saturated heterocycles. The second-order valence-corrected chi connectivity index (χ2v) is 10.0. The number of anilines is 2. The van der Waals surface area contributed by atoms with Gasteiger partial charge in [-0.25, -0.2) is 9.97 Å². The summed E-state index contributed by atoms with van der Waals surface area (Å²) in [6.07, 6.45) is 1.88. The molecular weight excluding hydrogens is 432 g/mol. The summed E-state index contributed by atoms with van der Waals surface area (Å²) in [6.45, 7) is 12.2. The minimum Gasteiger partial charge on any atom is -0.353 e. The van der Waals surface area contributed by atoms with Crippen molar-refractivity contribution in [3.8, 4) is 11.1 Å². The van der Waals surface area contributed by atoms with Gasteiger partial charge >= 0.3 is 0 Å². The van der Waals surface area contributed by atoms with Gasteiger partial charge in [0.1, 0.15) is 11.6 Å². The molecule has 0 aliphatic carbocycles. The first-order valence-corrected chi connectivity index (χ1v) is 11.8. The topological polar surface area (TPSA) is 49.6 Å². The van der Waals surface area contributed by atoms with Gasteiger partial charge in [0.05, 0.1) is 11.9 Å². The molecule has 1 aliphatic rings. The maximum Gasteiger partial charge on any atom is 0.165 e. The van der Waals surface area contributed by atoms with Gasteiger partial charge in [-0.15, -0.1) is 0 Å². The van der Waals surface area contributed by atoms with Crippen molar-refractivity contribution in [3.63, 3.8) is 0 Å². The second-order valence-electron chi connectivity index (χ2n) is 9.63. The van der Waals surface area contributed by atoms with Crippen LogP contribution in [0.2, 0.25) is 5.02 Å². The third-order valence-electron chi connectivity index (χ3n) is 6.19. The van der Waals surface area contributed by atoms with Crippen LogP contribution in [0.1, 0.15) is 32.2 Å². The molecule has 4 aromatic rings. The average molecular weight is 461 g/mol. The Morgan fingerprint density at radius 2 is 1.58 bits per heavy atom. The van der Waals surface area contributed by atoms with E-state index in [1.807, 2.05) is 48.0 Å². The van der Waals surface area contributed by atoms with Crippen LogP contribution in [0.4, 0.5) is 11.6 Å². The van der Waals surface area contributed by atoms with Crippen LogP contribution < -0.4 is 9.80 Å². The van der Waals surface area contributed by atoms with E-state index in [9.17, 15) is 0 Å². The Morgan fingerprint density at radius 1 is 0.848 bits per heavy atom. The molecule has 7 heteroatoms. The van der Waals surface area contributed by atoms with Crippen LogP contribution in [0.5, 0.6) is 0 Å². The molecule has 170 valence electrons. The van der Waals surface area contributed by atoms with Crippen molar-refractivity contribution >= 4 is 28.9 Å². The number of rotatable bonds is 3. The third-order valence-corrected chi connectivity index (χ3v) is 6.52. The van der Waals surface area contributed by atoms with Crippen LogP contribution in [0.15, 0.2) is 54.7 Å². The zero-order valence-electron chi connectivity index (χ0n) is 19.6. The van der Waals surface area contributed by atoms with Gasteiger partial charge in [0.25, 0.3) is 0 Å². The van der Waals surface area contributed by atoms with Crippen molar-refractivity contribution in [2.45, 2.75) is 33.1 Å². The molecule has 0 unspecified atom stereocenters. The predicted molar refractivity (Wildman–Crippen MR) is 136 cm³/mol. The molecule has 0 spiro atoms. The first kappa shape index (κ1) is 21.7. The Morgan fingerprint density at radius 3 is 2.27 bits per heavy atom. The molecule has 0 bridgehead atoms. The van der Waals surface area contributed by atoms with Crippen LogP contribution in [-0.2, 0) is 5.41 Å². The highest BCUT2D eigenvalue weighted by atomic mass is 35.5. The fourth-order valence-corrected chi connectivity index (χ4v) is 4.53. The van der Waals surface area contributed by atoms with Crippen LogP contribution in [0.25, 0.3) is 16.8 Å². The first-order valence-electron chi connectivity index (χ1n) is 11.4. The second kappa shape index (κ2) is 8.34. The average Bonchev–Trinajstić information content (AvgIpc) is 3.22. The quantitative estimate of drug-likeness (QED) is 0.411. The summed E-state index contributed by atoms with van der Waals surface area (Å²) < 4.78 is 1.97. The normalized spacial score (nSPS) is 14.8. The van der Waals surface area contributed by atoms with Crippen molar-refractivity contribution in [3.05, 3.63) is 71.1 Å². The van der Waals surface area contributed by atoms with E-state index in [1.54, 1.807) is 0 Å². The number of halogens is 1. The number of fused-ring (bicyclic) bond motifs is 1. The van der Waals surface area contributed by atoms with E-state index >= 15 is 0 Å². The number of piperazine rings is 1. The van der Waals surface area contributed by atoms with E-state index < -0.39 is 0 Å². The fourth-order valence-electron chi connectivity index (χ4n) is 4.30. The van der Waals surface area contributed by atoms with E-state index in [4.69, 9.17) is 26.7 Å². The lowest BCUT2D eigenvalue weighted by molar-refractivity contribution is 0.565. The van der Waals surface area contributed by atoms with E-state index in [1.165, 1.54) is 0 Å². The smallest absolute Gasteiger partial charge is 0.165 e. The Bertz CT molecular complexity index is 1300. The lowest BCUT2D eigenvalue weighted by Gasteiger charge is -2.37. The van der Waals surface area contributed by atoms with Gasteiger partial charge in [-0.05, 0) is 25.1 Å². The highest BCUT2D eigenvalue weighted by Gasteiger charge is 2.26. The van der Waals surface area contributed by atoms with Crippen LogP contribution in [0.3, 0.4) is 0 Å². The number of aryl methyl sites for hydroxylation is 1. The molecule has 1 fully saturated rings. The van der Waals surface area contributed by atoms with Gasteiger partial charge in [-0.1, -0.05) is 56.6 Å². The molecule has 1 aromatic carbocycles. The monoisotopic (exact) mass is 460 g/mol. The molecular formula is C26H29ClN6. The molecule has 3 aromatic heterocycles. The van der Waals surface area contributed by atoms with Crippen molar-refractivity contribution in [1.29, 1.82) is 0 Å². The van der Waals surface area contributed by atoms with E-state index in [0.717, 1.165) is 66.0 Å². The number of hydrogen-bond acceptors (Lipinski definition) is 5. The van der Waals surface area contributed by atoms with Gasteiger partial charge in [-0.3, -0.25) is 0 Å². The zero-order valence-corrected chi connectivity index (χ0v) is 20.3. The lowest BCUT2D eigenvalue weighted by Crippen LogP contribution is -2.47. The van der Waals surface area contributed by atoms with Crippen LogP contribution in [0, 0.1) is 6.92 Å². The van der Waals surface area contributed by atoms with Gasteiger partial charge in [0.2, 0.25) is 0 Å². The zero-order chi connectivity index (χ0) is 23.2. The Kier molecular flexibility index (Phi) is 5.49. The van der Waals surface area contributed by atoms with Crippen molar-refractivity contribution in [2.24, 2.45) is 0 Å². The largest absolute Gasteiger partial charge is 0.353 e. The Balaban J connectivity index is 1.54. The van der Waals surface area contributed by atoms with Gasteiger partial charge in [0.15, 0.2) is 5.65 Å². The fraction of sp³-hybridized carbons (Fsp3) is 0.346. The molecule has 0 N–H and O–H groups in total. The summed E-state index contributed by atoms with van der Waals surface area (Å²) in [5, 5.41) is 5.46. The predicted octanol–water partition coefficient (Wildman–Crippen LogP) is 5.38. The van der Waals surface area contributed by atoms with E-state index in [2.05, 4.69) is 48.8 Å². The van der Waals surface area contributed by atoms with Crippen LogP contribution >= 0.6 is 11.6 Å². The first-order chi connectivity index (χ1) is 15.8. The summed E-state index contributed by atoms with van der Waals surface area (Å²) in [6, 6.07) is 16.3. The summed E-state index contributed by atoms with van der Waals surface area (Å²) in [5.41, 5.74) is 4.75. The van der Waals surface area contributed by atoms with Crippen molar-refractivity contribution in [2.75, 3.05) is 36.0 Å². The lowest BCUT2D eigenvalue weighted by atomic mass is 9.91. The third kappa shape index (κ3) is 4.15. The van der Waals surface area contributed by atoms with Crippen molar-refractivity contribution < 1.29 is 0 Å². The van der Waals surface area contributed by atoms with E-state index in [-0.39, 0.29) is 5.41 Å². The molecule has 6 nitrogen and oxygen atoms in total. The SMILES string of the molecule is Cc1cccc(N2CCN(c3cc(C(C)(C)C)nc4c(-c5ccccc5Cl)cnn34)CC2)n1. The number of aromatic nitrogens is 4. The molecule has 1 aliphatic heterocycles. The molecule has 4 heterocycles. The summed E-state index contributed by atoms with van der Waals surface area (Å²) in [5.74, 6) is 2.12. The Labute approximate surface area is 199 Å². The molecule has 0 amide bonds. The molecule has 0 radical (unpaired) electrons. The minimum atomic E-state index is -0.0914. The highest BCUT2D eigenvalue weighted by Crippen LogP contribution is 2.34. The summed E-state index contributed by atoms with van der Waals surface area (Å²) in [4.78, 5) is 14.5. The van der Waals surface area contributed by atoms with Crippen LogP contribution in [-0.4, -0.2) is 45.8 Å². The molecule has 0 saturated carbocycles. The van der Waals surface area contributed by atoms with Gasteiger partial charge in [0, 0.05) is 59.5 Å². The van der Waals surface area contributed by atoms with Crippen molar-refractivity contribution in [1.82, 2.24) is 19.6 Å². The standard InChI is InChI=1S/C26H29ClN6/c1-18-8-7-11-23(29-18)31-12-14-32(15-13-31)24-16-22(26(2,3)4)30-25-20(17-28-33(24)25)19-9-5-6-10-21(19)27/h5-11,16-17H,12-15H2,1-4H3. The number of nitrogens with zero attached hydrogens (tertiary/aromatic N) is 6. The minimum absolute atomic E-state index is 0.0914. The number of pyridine rings is 1. The number of hydrogen-bond donors (Lipinski definition) is 0. The van der Waals surface area contributed by atoms with Gasteiger partial charge < -0.3 is 9.80 Å². The molecule has 5 rings (SSSR count). The number of benzene rings is 1. The van der Waals surface area contributed by atoms with E-state index in [0.29, 0.717) is 5.02 Å². The highest BCUT2D eigenvalue weighted by molar-refractivity contribution is 6.33. The maximum atomic E-state index is 6.53. The molecule has 0 atom stereocenters. The molecule has 33 heavy (non-hydrogen) atoms. The summed E-state index contributed by atoms with van der Waals surface area (Å²) in [7, 11) is 0. The Hall–Kier alpha value is -3.12. The summed E-state index contributed by atoms with van der Waals surface area (Å²) >= 11 is 6.53. The van der Waals surface area contributed by atoms with Gasteiger partial charge in [-0.2, -0.15) is 9.61 Å².